The molecule has 0 spiro atoms. The summed E-state index contributed by atoms with van der Waals surface area (Å²) in [5, 5.41) is 0. The number of ether oxygens (including phenoxy) is 1. The fraction of sp³-hybridized carbons (Fsp3) is 0.267. The van der Waals surface area contributed by atoms with Crippen molar-refractivity contribution in [2.75, 3.05) is 6.61 Å². The van der Waals surface area contributed by atoms with E-state index >= 15 is 0 Å². The summed E-state index contributed by atoms with van der Waals surface area (Å²) in [5.41, 5.74) is 3.73. The standard InChI is InChI=1S/C15H17NO2/c1-3-18-15(17)14-10-13(16-11(14)2)9-12-7-5-4-6-8-12/h4-8,10,16H,3,9H2,1-2H3. The van der Waals surface area contributed by atoms with Crippen molar-refractivity contribution in [2.24, 2.45) is 0 Å². The molecule has 3 heteroatoms. The first-order valence-corrected chi connectivity index (χ1v) is 6.10. The maximum absolute atomic E-state index is 11.7. The van der Waals surface area contributed by atoms with Gasteiger partial charge in [0.25, 0.3) is 0 Å². The fourth-order valence-electron chi connectivity index (χ4n) is 1.96. The van der Waals surface area contributed by atoms with Crippen LogP contribution in [-0.2, 0) is 11.2 Å². The van der Waals surface area contributed by atoms with Crippen LogP contribution in [0.1, 0.15) is 34.2 Å². The summed E-state index contributed by atoms with van der Waals surface area (Å²) in [7, 11) is 0. The van der Waals surface area contributed by atoms with Gasteiger partial charge in [-0.3, -0.25) is 0 Å². The van der Waals surface area contributed by atoms with Crippen LogP contribution in [0.2, 0.25) is 0 Å². The third kappa shape index (κ3) is 2.80. The summed E-state index contributed by atoms with van der Waals surface area (Å²) in [5.74, 6) is -0.259. The number of hydrogen-bond donors (Lipinski definition) is 1. The van der Waals surface area contributed by atoms with Gasteiger partial charge in [-0.2, -0.15) is 0 Å². The average Bonchev–Trinajstić information content (AvgIpc) is 2.72. The monoisotopic (exact) mass is 243 g/mol. The van der Waals surface area contributed by atoms with Crippen molar-refractivity contribution in [3.8, 4) is 0 Å². The molecule has 0 aliphatic rings. The van der Waals surface area contributed by atoms with Crippen molar-refractivity contribution >= 4 is 5.97 Å². The molecule has 2 aromatic rings. The average molecular weight is 243 g/mol. The van der Waals surface area contributed by atoms with Crippen molar-refractivity contribution < 1.29 is 9.53 Å². The Hall–Kier alpha value is -2.03. The number of nitrogens with one attached hydrogen (secondary N) is 1. The minimum Gasteiger partial charge on any atom is -0.462 e. The van der Waals surface area contributed by atoms with E-state index in [0.29, 0.717) is 12.2 Å². The first kappa shape index (κ1) is 12.4. The maximum atomic E-state index is 11.7. The molecule has 18 heavy (non-hydrogen) atoms. The van der Waals surface area contributed by atoms with E-state index in [4.69, 9.17) is 4.74 Å². The second kappa shape index (κ2) is 5.54. The minimum atomic E-state index is -0.259. The van der Waals surface area contributed by atoms with E-state index < -0.39 is 0 Å². The number of aryl methyl sites for hydroxylation is 1. The zero-order valence-corrected chi connectivity index (χ0v) is 10.7. The lowest BCUT2D eigenvalue weighted by Gasteiger charge is -1.98. The van der Waals surface area contributed by atoms with Crippen molar-refractivity contribution in [2.45, 2.75) is 20.3 Å². The Labute approximate surface area is 107 Å². The van der Waals surface area contributed by atoms with Gasteiger partial charge in [0, 0.05) is 17.8 Å². The number of esters is 1. The highest BCUT2D eigenvalue weighted by Crippen LogP contribution is 2.15. The minimum absolute atomic E-state index is 0.259. The largest absolute Gasteiger partial charge is 0.462 e. The molecule has 94 valence electrons. The Kier molecular flexibility index (Phi) is 3.82. The predicted molar refractivity (Wildman–Crippen MR) is 70.7 cm³/mol. The topological polar surface area (TPSA) is 42.1 Å². The highest BCUT2D eigenvalue weighted by molar-refractivity contribution is 5.91. The van der Waals surface area contributed by atoms with Crippen molar-refractivity contribution in [1.82, 2.24) is 4.98 Å². The Morgan fingerprint density at radius 2 is 2.00 bits per heavy atom. The summed E-state index contributed by atoms with van der Waals surface area (Å²) in [4.78, 5) is 14.9. The molecule has 1 aromatic carbocycles. The van der Waals surface area contributed by atoms with Crippen LogP contribution in [0.3, 0.4) is 0 Å². The van der Waals surface area contributed by atoms with E-state index in [-0.39, 0.29) is 5.97 Å². The molecule has 0 bridgehead atoms. The van der Waals surface area contributed by atoms with Gasteiger partial charge >= 0.3 is 5.97 Å². The molecule has 1 N–H and O–H groups in total. The van der Waals surface area contributed by atoms with Crippen LogP contribution in [0.25, 0.3) is 0 Å². The molecule has 0 saturated carbocycles. The first-order valence-electron chi connectivity index (χ1n) is 6.10. The predicted octanol–water partition coefficient (Wildman–Crippen LogP) is 3.09. The summed E-state index contributed by atoms with van der Waals surface area (Å²) in [6.07, 6.45) is 0.793. The van der Waals surface area contributed by atoms with Gasteiger partial charge in [-0.25, -0.2) is 4.79 Å². The molecule has 0 aliphatic carbocycles. The quantitative estimate of drug-likeness (QED) is 0.838. The van der Waals surface area contributed by atoms with Gasteiger partial charge in [-0.1, -0.05) is 30.3 Å². The van der Waals surface area contributed by atoms with Gasteiger partial charge in [0.2, 0.25) is 0 Å². The molecule has 0 fully saturated rings. The highest BCUT2D eigenvalue weighted by atomic mass is 16.5. The van der Waals surface area contributed by atoms with Crippen LogP contribution in [0.15, 0.2) is 36.4 Å². The highest BCUT2D eigenvalue weighted by Gasteiger charge is 2.13. The lowest BCUT2D eigenvalue weighted by atomic mass is 10.1. The molecular formula is C15H17NO2. The molecule has 0 saturated heterocycles. The second-order valence-corrected chi connectivity index (χ2v) is 4.22. The number of aromatic nitrogens is 1. The van der Waals surface area contributed by atoms with Gasteiger partial charge in [0.05, 0.1) is 12.2 Å². The third-order valence-electron chi connectivity index (χ3n) is 2.80. The van der Waals surface area contributed by atoms with Crippen molar-refractivity contribution in [1.29, 1.82) is 0 Å². The molecule has 1 aromatic heterocycles. The van der Waals surface area contributed by atoms with Crippen LogP contribution in [0.5, 0.6) is 0 Å². The van der Waals surface area contributed by atoms with E-state index in [9.17, 15) is 4.79 Å². The van der Waals surface area contributed by atoms with Gasteiger partial charge in [-0.05, 0) is 25.5 Å². The molecule has 0 amide bonds. The van der Waals surface area contributed by atoms with Crippen LogP contribution in [0.4, 0.5) is 0 Å². The van der Waals surface area contributed by atoms with E-state index in [1.807, 2.05) is 38.1 Å². The molecule has 0 radical (unpaired) electrons. The maximum Gasteiger partial charge on any atom is 0.339 e. The normalized spacial score (nSPS) is 10.3. The summed E-state index contributed by atoms with van der Waals surface area (Å²) >= 11 is 0. The zero-order valence-electron chi connectivity index (χ0n) is 10.7. The Morgan fingerprint density at radius 3 is 2.67 bits per heavy atom. The number of carbonyl (C=O) groups is 1. The number of aromatic amines is 1. The lowest BCUT2D eigenvalue weighted by Crippen LogP contribution is -2.04. The number of H-pyrrole nitrogens is 1. The van der Waals surface area contributed by atoms with Crippen LogP contribution < -0.4 is 0 Å². The molecule has 0 aliphatic heterocycles. The van der Waals surface area contributed by atoms with E-state index in [1.165, 1.54) is 5.56 Å². The van der Waals surface area contributed by atoms with Crippen molar-refractivity contribution in [3.63, 3.8) is 0 Å². The SMILES string of the molecule is CCOC(=O)c1cc(Cc2ccccc2)[nH]c1C. The first-order chi connectivity index (χ1) is 8.70. The third-order valence-corrected chi connectivity index (χ3v) is 2.80. The Balaban J connectivity index is 2.16. The summed E-state index contributed by atoms with van der Waals surface area (Å²) < 4.78 is 5.01. The second-order valence-electron chi connectivity index (χ2n) is 4.22. The van der Waals surface area contributed by atoms with Gasteiger partial charge in [-0.15, -0.1) is 0 Å². The molecule has 3 nitrogen and oxygen atoms in total. The van der Waals surface area contributed by atoms with Crippen LogP contribution >= 0.6 is 0 Å². The Bertz CT molecular complexity index is 529. The van der Waals surface area contributed by atoms with Gasteiger partial charge < -0.3 is 9.72 Å². The smallest absolute Gasteiger partial charge is 0.339 e. The number of rotatable bonds is 4. The summed E-state index contributed by atoms with van der Waals surface area (Å²) in [6.45, 7) is 4.10. The molecule has 0 unspecified atom stereocenters. The van der Waals surface area contributed by atoms with E-state index in [2.05, 4.69) is 17.1 Å². The molecule has 1 heterocycles. The fourth-order valence-corrected chi connectivity index (χ4v) is 1.96. The van der Waals surface area contributed by atoms with Crippen LogP contribution in [0, 0.1) is 6.92 Å². The Morgan fingerprint density at radius 1 is 1.28 bits per heavy atom. The zero-order chi connectivity index (χ0) is 13.0. The molecule has 0 atom stereocenters. The van der Waals surface area contributed by atoms with Gasteiger partial charge in [0.15, 0.2) is 0 Å². The summed E-state index contributed by atoms with van der Waals surface area (Å²) in [6, 6.07) is 12.0. The lowest BCUT2D eigenvalue weighted by molar-refractivity contribution is 0.0525. The molecule has 2 rings (SSSR count). The number of benzene rings is 1. The number of carbonyl (C=O) groups excluding carboxylic acids is 1. The van der Waals surface area contributed by atoms with Crippen molar-refractivity contribution in [3.05, 3.63) is 58.9 Å². The van der Waals surface area contributed by atoms with E-state index in [0.717, 1.165) is 17.8 Å². The van der Waals surface area contributed by atoms with Gasteiger partial charge in [0.1, 0.15) is 0 Å². The number of hydrogen-bond acceptors (Lipinski definition) is 2. The van der Waals surface area contributed by atoms with E-state index in [1.54, 1.807) is 0 Å². The van der Waals surface area contributed by atoms with Crippen LogP contribution in [-0.4, -0.2) is 17.6 Å². The molecular weight excluding hydrogens is 226 g/mol.